The number of rotatable bonds is 7. The zero-order valence-electron chi connectivity index (χ0n) is 17.6. The first-order chi connectivity index (χ1) is 14.6. The van der Waals surface area contributed by atoms with Crippen molar-refractivity contribution in [1.82, 2.24) is 0 Å². The number of fused-ring (bicyclic) bond motifs is 1. The van der Waals surface area contributed by atoms with Crippen molar-refractivity contribution in [1.29, 1.82) is 0 Å². The van der Waals surface area contributed by atoms with Gasteiger partial charge in [-0.15, -0.1) is 0 Å². The maximum Gasteiger partial charge on any atom is 1.00 e. The predicted molar refractivity (Wildman–Crippen MR) is 112 cm³/mol. The van der Waals surface area contributed by atoms with Crippen LogP contribution >= 0.6 is 0 Å². The maximum absolute atomic E-state index is 14.2. The van der Waals surface area contributed by atoms with E-state index in [0.29, 0.717) is 17.9 Å². The number of hydrogen-bond donors (Lipinski definition) is 0. The van der Waals surface area contributed by atoms with E-state index in [1.807, 2.05) is 18.2 Å². The van der Waals surface area contributed by atoms with Gasteiger partial charge in [0.2, 0.25) is 0 Å². The molecule has 0 radical (unpaired) electrons. The Morgan fingerprint density at radius 3 is 2.61 bits per heavy atom. The van der Waals surface area contributed by atoms with Crippen LogP contribution in [0.4, 0.5) is 15.8 Å². The van der Waals surface area contributed by atoms with Gasteiger partial charge in [0.15, 0.2) is 0 Å². The van der Waals surface area contributed by atoms with Gasteiger partial charge in [0.05, 0.1) is 0 Å². The Morgan fingerprint density at radius 1 is 1.06 bits per heavy atom. The molecule has 154 valence electrons. The summed E-state index contributed by atoms with van der Waals surface area (Å²) in [6.45, 7) is 1.30. The van der Waals surface area contributed by atoms with Gasteiger partial charge in [-0.3, -0.25) is 0 Å². The number of carboxylic acid groups (broad SMARTS) is 1. The molecule has 0 atom stereocenters. The number of aryl methyl sites for hydroxylation is 2. The van der Waals surface area contributed by atoms with Gasteiger partial charge in [-0.1, -0.05) is 36.4 Å². The topological polar surface area (TPSA) is 52.6 Å². The van der Waals surface area contributed by atoms with Gasteiger partial charge in [-0.05, 0) is 66.6 Å². The Balaban J connectivity index is 0.00000272. The summed E-state index contributed by atoms with van der Waals surface area (Å²) < 4.78 is 20.0. The molecule has 0 saturated heterocycles. The van der Waals surface area contributed by atoms with Crippen LogP contribution in [0.25, 0.3) is 0 Å². The van der Waals surface area contributed by atoms with E-state index in [1.165, 1.54) is 23.0 Å². The Bertz CT molecular complexity index is 1040. The molecule has 0 aromatic heterocycles. The van der Waals surface area contributed by atoms with Gasteiger partial charge in [0, 0.05) is 30.0 Å². The molecular formula is C25H23FNNaO3. The molecule has 0 aliphatic carbocycles. The van der Waals surface area contributed by atoms with Crippen LogP contribution < -0.4 is 44.3 Å². The fourth-order valence-electron chi connectivity index (χ4n) is 3.81. The number of benzene rings is 3. The molecule has 3 aromatic rings. The van der Waals surface area contributed by atoms with Crippen molar-refractivity contribution in [2.24, 2.45) is 0 Å². The SMILES string of the molecule is O=C([O-])CCc1ccc(OCc2ccc3c(c2)N(c2ccccc2)CCC3)cc1F.[Na+]. The monoisotopic (exact) mass is 427 g/mol. The van der Waals surface area contributed by atoms with Gasteiger partial charge in [-0.2, -0.15) is 0 Å². The number of carbonyl (C=O) groups is 1. The number of anilines is 2. The molecule has 1 aliphatic heterocycles. The summed E-state index contributed by atoms with van der Waals surface area (Å²) in [5.41, 5.74) is 5.04. The molecule has 0 saturated carbocycles. The molecule has 3 aromatic carbocycles. The number of carboxylic acids is 1. The van der Waals surface area contributed by atoms with Crippen molar-refractivity contribution < 1.29 is 48.6 Å². The minimum atomic E-state index is -1.19. The zero-order valence-corrected chi connectivity index (χ0v) is 19.6. The minimum absolute atomic E-state index is 0. The van der Waals surface area contributed by atoms with E-state index in [1.54, 1.807) is 12.1 Å². The van der Waals surface area contributed by atoms with Crippen molar-refractivity contribution in [2.75, 3.05) is 11.4 Å². The molecule has 4 rings (SSSR count). The number of para-hydroxylation sites is 1. The third kappa shape index (κ3) is 5.88. The third-order valence-electron chi connectivity index (χ3n) is 5.36. The predicted octanol–water partition coefficient (Wildman–Crippen LogP) is 1.18. The minimum Gasteiger partial charge on any atom is -0.550 e. The second-order valence-corrected chi connectivity index (χ2v) is 7.47. The molecule has 0 fully saturated rings. The second kappa shape index (κ2) is 10.8. The summed E-state index contributed by atoms with van der Waals surface area (Å²) in [4.78, 5) is 12.9. The van der Waals surface area contributed by atoms with Crippen molar-refractivity contribution in [3.8, 4) is 5.75 Å². The van der Waals surface area contributed by atoms with Crippen LogP contribution in [0.5, 0.6) is 5.75 Å². The van der Waals surface area contributed by atoms with E-state index in [2.05, 4.69) is 35.2 Å². The Hall–Kier alpha value is -2.34. The van der Waals surface area contributed by atoms with Crippen LogP contribution in [0.2, 0.25) is 0 Å². The van der Waals surface area contributed by atoms with Gasteiger partial charge < -0.3 is 19.5 Å². The van der Waals surface area contributed by atoms with Gasteiger partial charge in [0.1, 0.15) is 18.2 Å². The van der Waals surface area contributed by atoms with Crippen LogP contribution in [0, 0.1) is 5.82 Å². The molecule has 0 N–H and O–H groups in total. The first kappa shape index (κ1) is 23.3. The standard InChI is InChI=1S/C25H24FNO3.Na/c26-23-16-22(12-10-19(23)11-13-25(28)29)30-17-18-8-9-20-5-4-14-27(24(20)15-18)21-6-2-1-3-7-21;/h1-3,6-10,12,15-16H,4-5,11,13-14,17H2,(H,28,29);/q;+1/p-1. The van der Waals surface area contributed by atoms with Crippen LogP contribution in [0.15, 0.2) is 66.7 Å². The van der Waals surface area contributed by atoms with Gasteiger partial charge in [-0.25, -0.2) is 4.39 Å². The smallest absolute Gasteiger partial charge is 0.550 e. The normalized spacial score (nSPS) is 12.6. The maximum atomic E-state index is 14.2. The molecule has 1 aliphatic rings. The molecule has 0 amide bonds. The number of halogens is 1. The van der Waals surface area contributed by atoms with Crippen molar-refractivity contribution in [2.45, 2.75) is 32.3 Å². The molecule has 1 heterocycles. The van der Waals surface area contributed by atoms with Crippen LogP contribution in [-0.4, -0.2) is 12.5 Å². The largest absolute Gasteiger partial charge is 1.00 e. The van der Waals surface area contributed by atoms with Crippen molar-refractivity contribution in [3.63, 3.8) is 0 Å². The fourth-order valence-corrected chi connectivity index (χ4v) is 3.81. The third-order valence-corrected chi connectivity index (χ3v) is 5.36. The van der Waals surface area contributed by atoms with E-state index in [0.717, 1.165) is 24.9 Å². The Labute approximate surface area is 204 Å². The molecule has 0 bridgehead atoms. The average molecular weight is 427 g/mol. The second-order valence-electron chi connectivity index (χ2n) is 7.47. The summed E-state index contributed by atoms with van der Waals surface area (Å²) in [5.74, 6) is -1.23. The van der Waals surface area contributed by atoms with Crippen LogP contribution in [-0.2, 0) is 24.2 Å². The summed E-state index contributed by atoms with van der Waals surface area (Å²) in [7, 11) is 0. The molecule has 31 heavy (non-hydrogen) atoms. The summed E-state index contributed by atoms with van der Waals surface area (Å²) in [6.07, 6.45) is 2.07. The molecule has 0 spiro atoms. The van der Waals surface area contributed by atoms with Crippen LogP contribution in [0.1, 0.15) is 29.5 Å². The fraction of sp³-hybridized carbons (Fsp3) is 0.240. The zero-order chi connectivity index (χ0) is 20.9. The number of nitrogens with zero attached hydrogens (tertiary/aromatic N) is 1. The van der Waals surface area contributed by atoms with Crippen molar-refractivity contribution in [3.05, 3.63) is 89.2 Å². The van der Waals surface area contributed by atoms with Crippen LogP contribution in [0.3, 0.4) is 0 Å². The Morgan fingerprint density at radius 2 is 1.87 bits per heavy atom. The Kier molecular flexibility index (Phi) is 8.13. The van der Waals surface area contributed by atoms with E-state index in [-0.39, 0.29) is 42.4 Å². The molecule has 4 nitrogen and oxygen atoms in total. The van der Waals surface area contributed by atoms with E-state index < -0.39 is 11.8 Å². The van der Waals surface area contributed by atoms with Gasteiger partial charge in [0.25, 0.3) is 0 Å². The van der Waals surface area contributed by atoms with E-state index in [9.17, 15) is 14.3 Å². The summed E-state index contributed by atoms with van der Waals surface area (Å²) >= 11 is 0. The van der Waals surface area contributed by atoms with E-state index >= 15 is 0 Å². The first-order valence-corrected chi connectivity index (χ1v) is 10.2. The number of ether oxygens (including phenoxy) is 1. The first-order valence-electron chi connectivity index (χ1n) is 10.2. The molecule has 6 heteroatoms. The molecule has 0 unspecified atom stereocenters. The quantitative estimate of drug-likeness (QED) is 0.532. The number of carbonyl (C=O) groups excluding carboxylic acids is 1. The number of hydrogen-bond acceptors (Lipinski definition) is 4. The average Bonchev–Trinajstić information content (AvgIpc) is 2.77. The molecular weight excluding hydrogens is 404 g/mol. The summed E-state index contributed by atoms with van der Waals surface area (Å²) in [6, 6.07) is 21.2. The van der Waals surface area contributed by atoms with Crippen molar-refractivity contribution >= 4 is 17.3 Å². The van der Waals surface area contributed by atoms with Gasteiger partial charge >= 0.3 is 29.6 Å². The number of aliphatic carboxylic acids is 1. The summed E-state index contributed by atoms with van der Waals surface area (Å²) in [5, 5.41) is 10.6. The van der Waals surface area contributed by atoms with E-state index in [4.69, 9.17) is 4.74 Å².